The van der Waals surface area contributed by atoms with Crippen LogP contribution in [0.1, 0.15) is 0 Å². The van der Waals surface area contributed by atoms with E-state index in [0.29, 0.717) is 0 Å². The van der Waals surface area contributed by atoms with Gasteiger partial charge in [-0.05, 0) is 12.1 Å². The lowest BCUT2D eigenvalue weighted by Crippen LogP contribution is -1.89. The minimum absolute atomic E-state index is 0.0937. The molecule has 0 fully saturated rings. The molecule has 0 saturated carbocycles. The van der Waals surface area contributed by atoms with Crippen LogP contribution in [-0.4, -0.2) is 15.1 Å². The number of ether oxygens (including phenoxy) is 1. The second-order valence-electron chi connectivity index (χ2n) is 2.89. The summed E-state index contributed by atoms with van der Waals surface area (Å²) in [6, 6.07) is 4.78. The summed E-state index contributed by atoms with van der Waals surface area (Å²) in [7, 11) is 0. The molecule has 1 N–H and O–H groups in total. The first kappa shape index (κ1) is 10.6. The molecule has 0 bridgehead atoms. The Bertz CT molecular complexity index is 522. The summed E-state index contributed by atoms with van der Waals surface area (Å²) in [5.74, 6) is -0.599. The summed E-state index contributed by atoms with van der Waals surface area (Å²) in [4.78, 5) is 7.45. The Hall–Kier alpha value is -1.88. The molecular weight excluding hydrogens is 235 g/mol. The maximum atomic E-state index is 12.7. The predicted octanol–water partition coefficient (Wildman–Crippen LogP) is 2.77. The third-order valence-electron chi connectivity index (χ3n) is 1.74. The monoisotopic (exact) mass is 240 g/mol. The fraction of sp³-hybridized carbons (Fsp3) is 0. The second kappa shape index (κ2) is 4.32. The highest BCUT2D eigenvalue weighted by molar-refractivity contribution is 6.29. The molecular formula is C10H6ClFN2O2. The standard InChI is InChI=1S/C10H6ClFN2O2/c11-9-4-10(14-5-13-9)16-8-2-1-6(12)3-7(8)15/h1-5,15H. The van der Waals surface area contributed by atoms with Crippen LogP contribution in [0, 0.1) is 5.82 Å². The molecule has 0 radical (unpaired) electrons. The molecule has 1 aromatic heterocycles. The topological polar surface area (TPSA) is 55.2 Å². The average molecular weight is 241 g/mol. The molecule has 1 heterocycles. The van der Waals surface area contributed by atoms with Gasteiger partial charge in [0.1, 0.15) is 17.3 Å². The van der Waals surface area contributed by atoms with Gasteiger partial charge in [0, 0.05) is 12.1 Å². The first-order valence-electron chi connectivity index (χ1n) is 4.29. The lowest BCUT2D eigenvalue weighted by atomic mass is 10.3. The summed E-state index contributed by atoms with van der Waals surface area (Å²) < 4.78 is 17.9. The van der Waals surface area contributed by atoms with E-state index >= 15 is 0 Å². The fourth-order valence-electron chi connectivity index (χ4n) is 1.06. The van der Waals surface area contributed by atoms with Crippen molar-refractivity contribution >= 4 is 11.6 Å². The third kappa shape index (κ3) is 2.38. The molecule has 0 atom stereocenters. The maximum Gasteiger partial charge on any atom is 0.223 e. The van der Waals surface area contributed by atoms with E-state index in [1.54, 1.807) is 0 Å². The Labute approximate surface area is 95.3 Å². The Morgan fingerprint density at radius 3 is 2.75 bits per heavy atom. The largest absolute Gasteiger partial charge is 0.504 e. The normalized spacial score (nSPS) is 10.1. The molecule has 0 aliphatic carbocycles. The van der Waals surface area contributed by atoms with E-state index in [0.717, 1.165) is 12.1 Å². The van der Waals surface area contributed by atoms with Crippen LogP contribution in [0.15, 0.2) is 30.6 Å². The number of halogens is 2. The van der Waals surface area contributed by atoms with E-state index in [9.17, 15) is 9.50 Å². The van der Waals surface area contributed by atoms with E-state index in [4.69, 9.17) is 16.3 Å². The zero-order valence-electron chi connectivity index (χ0n) is 7.89. The van der Waals surface area contributed by atoms with Crippen molar-refractivity contribution in [2.45, 2.75) is 0 Å². The number of hydrogen-bond donors (Lipinski definition) is 1. The predicted molar refractivity (Wildman–Crippen MR) is 55.2 cm³/mol. The SMILES string of the molecule is Oc1cc(F)ccc1Oc1cc(Cl)ncn1. The Morgan fingerprint density at radius 1 is 1.25 bits per heavy atom. The van der Waals surface area contributed by atoms with Crippen molar-refractivity contribution in [1.29, 1.82) is 0 Å². The maximum absolute atomic E-state index is 12.7. The van der Waals surface area contributed by atoms with Crippen LogP contribution in [0.25, 0.3) is 0 Å². The lowest BCUT2D eigenvalue weighted by molar-refractivity contribution is 0.398. The number of phenols is 1. The fourth-order valence-corrected chi connectivity index (χ4v) is 1.20. The summed E-state index contributed by atoms with van der Waals surface area (Å²) in [6.07, 6.45) is 1.22. The highest BCUT2D eigenvalue weighted by atomic mass is 35.5. The quantitative estimate of drug-likeness (QED) is 0.820. The van der Waals surface area contributed by atoms with Crippen LogP contribution >= 0.6 is 11.6 Å². The van der Waals surface area contributed by atoms with Crippen LogP contribution in [0.4, 0.5) is 4.39 Å². The number of rotatable bonds is 2. The Balaban J connectivity index is 2.27. The molecule has 4 nitrogen and oxygen atoms in total. The van der Waals surface area contributed by atoms with Crippen molar-refractivity contribution in [2.75, 3.05) is 0 Å². The van der Waals surface area contributed by atoms with Gasteiger partial charge >= 0.3 is 0 Å². The number of aromatic hydroxyl groups is 1. The smallest absolute Gasteiger partial charge is 0.223 e. The van der Waals surface area contributed by atoms with Crippen molar-refractivity contribution in [3.8, 4) is 17.4 Å². The van der Waals surface area contributed by atoms with Crippen molar-refractivity contribution in [3.63, 3.8) is 0 Å². The number of hydrogen-bond acceptors (Lipinski definition) is 4. The van der Waals surface area contributed by atoms with Gasteiger partial charge < -0.3 is 9.84 Å². The third-order valence-corrected chi connectivity index (χ3v) is 1.95. The summed E-state index contributed by atoms with van der Waals surface area (Å²) >= 11 is 5.62. The highest BCUT2D eigenvalue weighted by Gasteiger charge is 2.06. The number of phenolic OH excluding ortho intramolecular Hbond substituents is 1. The van der Waals surface area contributed by atoms with E-state index in [1.165, 1.54) is 18.5 Å². The molecule has 6 heteroatoms. The zero-order chi connectivity index (χ0) is 11.5. The van der Waals surface area contributed by atoms with Gasteiger partial charge in [0.15, 0.2) is 11.5 Å². The first-order valence-corrected chi connectivity index (χ1v) is 4.67. The van der Waals surface area contributed by atoms with Gasteiger partial charge in [-0.1, -0.05) is 11.6 Å². The van der Waals surface area contributed by atoms with E-state index in [2.05, 4.69) is 9.97 Å². The van der Waals surface area contributed by atoms with Gasteiger partial charge in [-0.25, -0.2) is 14.4 Å². The van der Waals surface area contributed by atoms with Crippen molar-refractivity contribution < 1.29 is 14.2 Å². The lowest BCUT2D eigenvalue weighted by Gasteiger charge is -2.06. The molecule has 16 heavy (non-hydrogen) atoms. The second-order valence-corrected chi connectivity index (χ2v) is 3.28. The minimum atomic E-state index is -0.550. The van der Waals surface area contributed by atoms with Crippen LogP contribution < -0.4 is 4.74 Å². The summed E-state index contributed by atoms with van der Waals surface area (Å²) in [5.41, 5.74) is 0. The molecule has 0 aliphatic rings. The van der Waals surface area contributed by atoms with E-state index in [-0.39, 0.29) is 22.5 Å². The van der Waals surface area contributed by atoms with Crippen molar-refractivity contribution in [3.05, 3.63) is 41.6 Å². The van der Waals surface area contributed by atoms with Crippen LogP contribution in [0.2, 0.25) is 5.15 Å². The molecule has 0 amide bonds. The minimum Gasteiger partial charge on any atom is -0.504 e. The van der Waals surface area contributed by atoms with Crippen molar-refractivity contribution in [2.24, 2.45) is 0 Å². The first-order chi connectivity index (χ1) is 7.65. The Morgan fingerprint density at radius 2 is 2.06 bits per heavy atom. The van der Waals surface area contributed by atoms with Crippen molar-refractivity contribution in [1.82, 2.24) is 9.97 Å². The summed E-state index contributed by atoms with van der Waals surface area (Å²) in [6.45, 7) is 0. The molecule has 0 spiro atoms. The van der Waals surface area contributed by atoms with Crippen LogP contribution in [0.5, 0.6) is 17.4 Å². The molecule has 0 aliphatic heterocycles. The van der Waals surface area contributed by atoms with Gasteiger partial charge in [0.2, 0.25) is 5.88 Å². The van der Waals surface area contributed by atoms with Crippen LogP contribution in [-0.2, 0) is 0 Å². The molecule has 0 saturated heterocycles. The molecule has 82 valence electrons. The molecule has 2 aromatic rings. The van der Waals surface area contributed by atoms with E-state index < -0.39 is 5.82 Å². The number of benzene rings is 1. The average Bonchev–Trinajstić information content (AvgIpc) is 2.22. The van der Waals surface area contributed by atoms with Crippen LogP contribution in [0.3, 0.4) is 0 Å². The number of aromatic nitrogens is 2. The zero-order valence-corrected chi connectivity index (χ0v) is 8.65. The van der Waals surface area contributed by atoms with E-state index in [1.807, 2.05) is 0 Å². The summed E-state index contributed by atoms with van der Waals surface area (Å²) in [5, 5.41) is 9.60. The Kier molecular flexibility index (Phi) is 2.87. The molecule has 0 unspecified atom stereocenters. The van der Waals surface area contributed by atoms with Gasteiger partial charge in [-0.2, -0.15) is 0 Å². The van der Waals surface area contributed by atoms with Gasteiger partial charge in [-0.15, -0.1) is 0 Å². The molecule has 1 aromatic carbocycles. The molecule has 2 rings (SSSR count). The van der Waals surface area contributed by atoms with Gasteiger partial charge in [0.05, 0.1) is 0 Å². The van der Waals surface area contributed by atoms with Gasteiger partial charge in [0.25, 0.3) is 0 Å². The highest BCUT2D eigenvalue weighted by Crippen LogP contribution is 2.30. The number of nitrogens with zero attached hydrogens (tertiary/aromatic N) is 2. The van der Waals surface area contributed by atoms with Gasteiger partial charge in [-0.3, -0.25) is 0 Å².